The second kappa shape index (κ2) is 9.27. The van der Waals surface area contributed by atoms with E-state index in [9.17, 15) is 19.5 Å². The second-order valence-electron chi connectivity index (χ2n) is 8.31. The van der Waals surface area contributed by atoms with Crippen LogP contribution in [0.4, 0.5) is 0 Å². The number of nitrogens with zero attached hydrogens (tertiary/aromatic N) is 2. The van der Waals surface area contributed by atoms with Gasteiger partial charge in [0.05, 0.1) is 29.6 Å². The Balaban J connectivity index is 1.75. The molecular weight excluding hydrogens is 440 g/mol. The number of phenolic OH excluding ortho intramolecular Hbond substituents is 1. The van der Waals surface area contributed by atoms with Crippen molar-refractivity contribution >= 4 is 16.7 Å². The Labute approximate surface area is 201 Å². The molecule has 5 rings (SSSR count). The minimum Gasteiger partial charge on any atom is -0.507 e. The molecule has 0 fully saturated rings. The van der Waals surface area contributed by atoms with Crippen LogP contribution in [-0.4, -0.2) is 20.0 Å². The monoisotopic (exact) mass is 462 g/mol. The van der Waals surface area contributed by atoms with Gasteiger partial charge in [-0.25, -0.2) is 4.79 Å². The van der Waals surface area contributed by atoms with Gasteiger partial charge in [-0.2, -0.15) is 0 Å². The Morgan fingerprint density at radius 1 is 0.686 bits per heavy atom. The number of aromatic hydroxyl groups is 1. The van der Waals surface area contributed by atoms with E-state index in [1.807, 2.05) is 60.7 Å². The van der Waals surface area contributed by atoms with E-state index in [4.69, 9.17) is 0 Å². The third kappa shape index (κ3) is 4.29. The SMILES string of the molecule is O=C(c1ccccc1)c1cc2c(=O)n(Cc3ccccc3)c(=O)n(Cc3ccccc3)c2cc1O. The van der Waals surface area contributed by atoms with Gasteiger partial charge in [-0.15, -0.1) is 0 Å². The van der Waals surface area contributed by atoms with Gasteiger partial charge in [-0.1, -0.05) is 91.0 Å². The summed E-state index contributed by atoms with van der Waals surface area (Å²) in [5, 5.41) is 11.0. The average molecular weight is 463 g/mol. The van der Waals surface area contributed by atoms with Crippen LogP contribution in [0.2, 0.25) is 0 Å². The van der Waals surface area contributed by atoms with E-state index in [0.717, 1.165) is 11.1 Å². The summed E-state index contributed by atoms with van der Waals surface area (Å²) in [6, 6.07) is 29.9. The molecule has 4 aromatic carbocycles. The maximum atomic E-state index is 13.5. The molecule has 0 unspecified atom stereocenters. The first kappa shape index (κ1) is 22.1. The third-order valence-electron chi connectivity index (χ3n) is 5.99. The van der Waals surface area contributed by atoms with Crippen molar-refractivity contribution in [2.45, 2.75) is 13.1 Å². The van der Waals surface area contributed by atoms with Crippen LogP contribution in [0.5, 0.6) is 5.75 Å². The third-order valence-corrected chi connectivity index (χ3v) is 5.99. The van der Waals surface area contributed by atoms with Gasteiger partial charge in [0.15, 0.2) is 5.78 Å². The Hall–Kier alpha value is -4.71. The molecule has 0 aliphatic rings. The molecule has 1 heterocycles. The van der Waals surface area contributed by atoms with Gasteiger partial charge < -0.3 is 5.11 Å². The molecule has 1 aromatic heterocycles. The lowest BCUT2D eigenvalue weighted by atomic mass is 10.0. The fourth-order valence-corrected chi connectivity index (χ4v) is 4.20. The molecule has 1 N–H and O–H groups in total. The first-order valence-corrected chi connectivity index (χ1v) is 11.2. The summed E-state index contributed by atoms with van der Waals surface area (Å²) < 4.78 is 2.64. The maximum absolute atomic E-state index is 13.5. The number of ketones is 1. The summed E-state index contributed by atoms with van der Waals surface area (Å²) in [7, 11) is 0. The van der Waals surface area contributed by atoms with Gasteiger partial charge in [0.1, 0.15) is 5.75 Å². The van der Waals surface area contributed by atoms with E-state index < -0.39 is 17.0 Å². The van der Waals surface area contributed by atoms with Crippen molar-refractivity contribution in [1.82, 2.24) is 9.13 Å². The smallest absolute Gasteiger partial charge is 0.332 e. The molecule has 172 valence electrons. The molecule has 0 spiro atoms. The number of fused-ring (bicyclic) bond motifs is 1. The lowest BCUT2D eigenvalue weighted by Gasteiger charge is -2.16. The second-order valence-corrected chi connectivity index (χ2v) is 8.31. The van der Waals surface area contributed by atoms with Crippen LogP contribution in [0.25, 0.3) is 10.9 Å². The standard InChI is InChI=1S/C29H22N2O4/c32-26-17-25-23(16-24(26)27(33)22-14-8-3-9-15-22)28(34)31(19-21-12-6-2-7-13-21)29(35)30(25)18-20-10-4-1-5-11-20/h1-17,32H,18-19H2. The molecule has 5 aromatic rings. The lowest BCUT2D eigenvalue weighted by Crippen LogP contribution is -2.40. The van der Waals surface area contributed by atoms with Gasteiger partial charge in [0, 0.05) is 11.6 Å². The fourth-order valence-electron chi connectivity index (χ4n) is 4.20. The molecule has 6 heteroatoms. The zero-order valence-corrected chi connectivity index (χ0v) is 18.8. The van der Waals surface area contributed by atoms with E-state index in [1.54, 1.807) is 30.3 Å². The van der Waals surface area contributed by atoms with Gasteiger partial charge in [-0.05, 0) is 17.2 Å². The van der Waals surface area contributed by atoms with Gasteiger partial charge in [0.2, 0.25) is 0 Å². The van der Waals surface area contributed by atoms with Crippen molar-refractivity contribution < 1.29 is 9.90 Å². The molecular formula is C29H22N2O4. The predicted molar refractivity (Wildman–Crippen MR) is 135 cm³/mol. The number of benzene rings is 4. The molecule has 6 nitrogen and oxygen atoms in total. The highest BCUT2D eigenvalue weighted by atomic mass is 16.3. The summed E-state index contributed by atoms with van der Waals surface area (Å²) in [5.74, 6) is -0.687. The Bertz CT molecular complexity index is 1640. The van der Waals surface area contributed by atoms with Crippen molar-refractivity contribution in [3.63, 3.8) is 0 Å². The number of hydrogen-bond acceptors (Lipinski definition) is 4. The molecule has 0 radical (unpaired) electrons. The zero-order valence-electron chi connectivity index (χ0n) is 18.8. The topological polar surface area (TPSA) is 81.3 Å². The summed E-state index contributed by atoms with van der Waals surface area (Å²) in [6.07, 6.45) is 0. The number of aromatic nitrogens is 2. The summed E-state index contributed by atoms with van der Waals surface area (Å²) in [4.78, 5) is 40.2. The Morgan fingerprint density at radius 3 is 1.77 bits per heavy atom. The van der Waals surface area contributed by atoms with Crippen molar-refractivity contribution in [2.24, 2.45) is 0 Å². The zero-order chi connectivity index (χ0) is 24.4. The number of hydrogen-bond donors (Lipinski definition) is 1. The number of phenols is 1. The van der Waals surface area contributed by atoms with Crippen molar-refractivity contribution in [3.05, 3.63) is 146 Å². The Kier molecular flexibility index (Phi) is 5.85. The highest BCUT2D eigenvalue weighted by molar-refractivity contribution is 6.12. The number of carbonyl (C=O) groups excluding carboxylic acids is 1. The van der Waals surface area contributed by atoms with Gasteiger partial charge >= 0.3 is 5.69 Å². The average Bonchev–Trinajstić information content (AvgIpc) is 2.90. The lowest BCUT2D eigenvalue weighted by molar-refractivity contribution is 0.103. The first-order chi connectivity index (χ1) is 17.0. The van der Waals surface area contributed by atoms with E-state index in [-0.39, 0.29) is 35.3 Å². The highest BCUT2D eigenvalue weighted by Gasteiger charge is 2.20. The maximum Gasteiger partial charge on any atom is 0.332 e. The van der Waals surface area contributed by atoms with Crippen LogP contribution in [0.15, 0.2) is 113 Å². The van der Waals surface area contributed by atoms with Gasteiger partial charge in [0.25, 0.3) is 5.56 Å². The van der Waals surface area contributed by atoms with Crippen LogP contribution < -0.4 is 11.2 Å². The van der Waals surface area contributed by atoms with Crippen LogP contribution in [0.1, 0.15) is 27.0 Å². The molecule has 0 aliphatic carbocycles. The van der Waals surface area contributed by atoms with E-state index in [1.165, 1.54) is 21.3 Å². The summed E-state index contributed by atoms with van der Waals surface area (Å²) in [5.41, 5.74) is 1.34. The van der Waals surface area contributed by atoms with E-state index in [0.29, 0.717) is 5.56 Å². The first-order valence-electron chi connectivity index (χ1n) is 11.2. The van der Waals surface area contributed by atoms with Crippen LogP contribution in [0, 0.1) is 0 Å². The van der Waals surface area contributed by atoms with Crippen LogP contribution in [-0.2, 0) is 13.1 Å². The number of rotatable bonds is 6. The van der Waals surface area contributed by atoms with Crippen LogP contribution in [0.3, 0.4) is 0 Å². The summed E-state index contributed by atoms with van der Waals surface area (Å²) >= 11 is 0. The fraction of sp³-hybridized carbons (Fsp3) is 0.0690. The quantitative estimate of drug-likeness (QED) is 0.384. The van der Waals surface area contributed by atoms with Gasteiger partial charge in [-0.3, -0.25) is 18.7 Å². The molecule has 35 heavy (non-hydrogen) atoms. The minimum atomic E-state index is -0.514. The van der Waals surface area contributed by atoms with E-state index in [2.05, 4.69) is 0 Å². The van der Waals surface area contributed by atoms with E-state index >= 15 is 0 Å². The highest BCUT2D eigenvalue weighted by Crippen LogP contribution is 2.26. The van der Waals surface area contributed by atoms with Crippen LogP contribution >= 0.6 is 0 Å². The normalized spacial score (nSPS) is 11.0. The molecule has 0 bridgehead atoms. The predicted octanol–water partition coefficient (Wildman–Crippen LogP) is 4.20. The molecule has 0 atom stereocenters. The van der Waals surface area contributed by atoms with Crippen molar-refractivity contribution in [3.8, 4) is 5.75 Å². The number of carbonyl (C=O) groups is 1. The molecule has 0 amide bonds. The minimum absolute atomic E-state index is 0.0111. The molecule has 0 aliphatic heterocycles. The Morgan fingerprint density at radius 2 is 1.20 bits per heavy atom. The van der Waals surface area contributed by atoms with Crippen molar-refractivity contribution in [1.29, 1.82) is 0 Å². The molecule has 0 saturated carbocycles. The van der Waals surface area contributed by atoms with Crippen molar-refractivity contribution in [2.75, 3.05) is 0 Å². The molecule has 0 saturated heterocycles. The largest absolute Gasteiger partial charge is 0.507 e. The summed E-state index contributed by atoms with van der Waals surface area (Å²) in [6.45, 7) is 0.294.